The van der Waals surface area contributed by atoms with Crippen LogP contribution in [0.3, 0.4) is 0 Å². The Balaban J connectivity index is 1.63. The number of amides is 1. The van der Waals surface area contributed by atoms with Gasteiger partial charge >= 0.3 is 0 Å². The molecule has 9 N–H and O–H groups in total. The Morgan fingerprint density at radius 1 is 0.457 bits per heavy atom. The number of aliphatic hydroxyl groups excluding tert-OH is 8. The predicted molar refractivity (Wildman–Crippen MR) is 327 cm³/mol. The number of rotatable bonds is 53. The van der Waals surface area contributed by atoms with E-state index < -0.39 is 86.8 Å². The van der Waals surface area contributed by atoms with Crippen molar-refractivity contribution in [1.29, 1.82) is 0 Å². The van der Waals surface area contributed by atoms with Crippen molar-refractivity contribution in [2.45, 2.75) is 338 Å². The summed E-state index contributed by atoms with van der Waals surface area (Å²) in [4.78, 5) is 13.3. The van der Waals surface area contributed by atoms with E-state index in [-0.39, 0.29) is 18.9 Å². The van der Waals surface area contributed by atoms with Crippen LogP contribution in [0.5, 0.6) is 0 Å². The average Bonchev–Trinajstić information content (AvgIpc) is 3.47. The van der Waals surface area contributed by atoms with Crippen molar-refractivity contribution in [3.8, 4) is 0 Å². The summed E-state index contributed by atoms with van der Waals surface area (Å²) in [5.74, 6) is -0.237. The van der Waals surface area contributed by atoms with E-state index in [1.165, 1.54) is 173 Å². The third-order valence-electron chi connectivity index (χ3n) is 16.0. The molecule has 2 aliphatic rings. The lowest BCUT2D eigenvalue weighted by Gasteiger charge is -2.46. The van der Waals surface area contributed by atoms with Crippen LogP contribution in [0, 0.1) is 0 Å². The number of aliphatic hydroxyl groups is 8. The summed E-state index contributed by atoms with van der Waals surface area (Å²) < 4.78 is 22.8. The molecule has 2 heterocycles. The zero-order valence-electron chi connectivity index (χ0n) is 51.0. The first kappa shape index (κ1) is 74.8. The second-order valence-corrected chi connectivity index (χ2v) is 23.2. The molecular weight excluding hydrogens is 1030 g/mol. The smallest absolute Gasteiger partial charge is 0.220 e. The molecule has 2 saturated heterocycles. The molecule has 1 amide bonds. The first-order chi connectivity index (χ1) is 39.6. The quantitative estimate of drug-likeness (QED) is 0.0204. The molecule has 0 aromatic rings. The summed E-state index contributed by atoms with van der Waals surface area (Å²) in [6.07, 6.45) is 51.4. The molecule has 0 radical (unpaired) electrons. The standard InChI is InChI=1S/C67H121NO13/c1-3-5-7-9-11-13-15-17-19-20-21-22-23-24-25-26-27-28-29-30-31-32-33-34-35-36-37-39-41-43-45-47-49-51-59(72)68-55(56(71)50-48-46-44-42-40-38-18-16-14-12-10-8-6-4-2)54-78-66-64(77)62(75)65(58(53-70)80-66)81-67-63(76)61(74)60(73)57(52-69)79-67/h5,7,11,13,17,19,21-22,48,50,55-58,60-67,69-71,73-77H,3-4,6,8-10,12,14-16,18,20,23-47,49,51-54H2,1-2H3,(H,68,72)/b7-5-,13-11-,19-17-,22-21-,50-48+. The molecule has 472 valence electrons. The largest absolute Gasteiger partial charge is 0.394 e. The molecular formula is C67H121NO13. The highest BCUT2D eigenvalue weighted by atomic mass is 16.7. The minimum atomic E-state index is -1.79. The zero-order valence-corrected chi connectivity index (χ0v) is 51.0. The van der Waals surface area contributed by atoms with Gasteiger partial charge in [0.05, 0.1) is 32.0 Å². The van der Waals surface area contributed by atoms with Crippen LogP contribution in [0.1, 0.15) is 264 Å². The van der Waals surface area contributed by atoms with Gasteiger partial charge < -0.3 is 65.1 Å². The van der Waals surface area contributed by atoms with Crippen molar-refractivity contribution < 1.29 is 64.6 Å². The fraction of sp³-hybridized carbons (Fsp3) is 0.836. The van der Waals surface area contributed by atoms with Crippen molar-refractivity contribution in [2.24, 2.45) is 0 Å². The first-order valence-corrected chi connectivity index (χ1v) is 33.0. The van der Waals surface area contributed by atoms with Gasteiger partial charge in [-0.15, -0.1) is 0 Å². The number of unbranched alkanes of at least 4 members (excludes halogenated alkanes) is 32. The minimum Gasteiger partial charge on any atom is -0.394 e. The maximum Gasteiger partial charge on any atom is 0.220 e. The summed E-state index contributed by atoms with van der Waals surface area (Å²) in [5, 5.41) is 87.2. The molecule has 2 fully saturated rings. The molecule has 0 aliphatic carbocycles. The van der Waals surface area contributed by atoms with Gasteiger partial charge in [0.25, 0.3) is 0 Å². The molecule has 0 aromatic carbocycles. The van der Waals surface area contributed by atoms with Crippen LogP contribution in [0.4, 0.5) is 0 Å². The molecule has 0 saturated carbocycles. The van der Waals surface area contributed by atoms with Gasteiger partial charge in [-0.1, -0.05) is 261 Å². The Hall–Kier alpha value is -2.31. The van der Waals surface area contributed by atoms with Gasteiger partial charge in [0, 0.05) is 6.42 Å². The lowest BCUT2D eigenvalue weighted by atomic mass is 9.97. The average molecular weight is 1150 g/mol. The number of ether oxygens (including phenoxy) is 4. The van der Waals surface area contributed by atoms with Crippen LogP contribution in [0.25, 0.3) is 0 Å². The monoisotopic (exact) mass is 1150 g/mol. The molecule has 12 atom stereocenters. The number of hydrogen-bond acceptors (Lipinski definition) is 13. The van der Waals surface area contributed by atoms with Crippen LogP contribution >= 0.6 is 0 Å². The third-order valence-corrected chi connectivity index (χ3v) is 16.0. The molecule has 12 unspecified atom stereocenters. The summed E-state index contributed by atoms with van der Waals surface area (Å²) in [6.45, 7) is 2.70. The lowest BCUT2D eigenvalue weighted by molar-refractivity contribution is -0.359. The van der Waals surface area contributed by atoms with Crippen molar-refractivity contribution in [3.63, 3.8) is 0 Å². The van der Waals surface area contributed by atoms with Gasteiger partial charge in [0.15, 0.2) is 12.6 Å². The van der Waals surface area contributed by atoms with E-state index in [1.54, 1.807) is 6.08 Å². The van der Waals surface area contributed by atoms with Crippen molar-refractivity contribution in [1.82, 2.24) is 5.32 Å². The highest BCUT2D eigenvalue weighted by Crippen LogP contribution is 2.30. The van der Waals surface area contributed by atoms with Gasteiger partial charge in [-0.05, 0) is 57.8 Å². The van der Waals surface area contributed by atoms with Gasteiger partial charge in [0.1, 0.15) is 48.8 Å². The fourth-order valence-corrected chi connectivity index (χ4v) is 10.7. The zero-order chi connectivity index (χ0) is 58.8. The highest BCUT2D eigenvalue weighted by molar-refractivity contribution is 5.76. The lowest BCUT2D eigenvalue weighted by Crippen LogP contribution is -2.65. The van der Waals surface area contributed by atoms with E-state index in [4.69, 9.17) is 18.9 Å². The Kier molecular flexibility index (Phi) is 48.1. The van der Waals surface area contributed by atoms with Crippen LogP contribution in [0.2, 0.25) is 0 Å². The van der Waals surface area contributed by atoms with Crippen LogP contribution in [0.15, 0.2) is 60.8 Å². The number of hydrogen-bond donors (Lipinski definition) is 9. The summed E-state index contributed by atoms with van der Waals surface area (Å²) >= 11 is 0. The van der Waals surface area contributed by atoms with Gasteiger partial charge in [-0.25, -0.2) is 0 Å². The number of carbonyl (C=O) groups is 1. The van der Waals surface area contributed by atoms with Gasteiger partial charge in [-0.3, -0.25) is 4.79 Å². The number of carbonyl (C=O) groups excluding carboxylic acids is 1. The van der Waals surface area contributed by atoms with Crippen molar-refractivity contribution >= 4 is 5.91 Å². The fourth-order valence-electron chi connectivity index (χ4n) is 10.7. The van der Waals surface area contributed by atoms with Crippen LogP contribution < -0.4 is 5.32 Å². The molecule has 2 rings (SSSR count). The molecule has 2 aliphatic heterocycles. The van der Waals surface area contributed by atoms with Crippen LogP contribution in [-0.2, 0) is 23.7 Å². The molecule has 14 nitrogen and oxygen atoms in total. The number of allylic oxidation sites excluding steroid dienone is 9. The van der Waals surface area contributed by atoms with E-state index in [0.29, 0.717) is 6.42 Å². The summed E-state index contributed by atoms with van der Waals surface area (Å²) in [7, 11) is 0. The third kappa shape index (κ3) is 37.0. The summed E-state index contributed by atoms with van der Waals surface area (Å²) in [6, 6.07) is -0.914. The van der Waals surface area contributed by atoms with E-state index in [9.17, 15) is 45.6 Å². The molecule has 0 bridgehead atoms. The Morgan fingerprint density at radius 2 is 0.852 bits per heavy atom. The summed E-state index contributed by atoms with van der Waals surface area (Å²) in [5.41, 5.74) is 0. The predicted octanol–water partition coefficient (Wildman–Crippen LogP) is 12.5. The number of nitrogens with one attached hydrogen (secondary N) is 1. The van der Waals surface area contributed by atoms with E-state index in [1.807, 2.05) is 6.08 Å². The van der Waals surface area contributed by atoms with E-state index in [0.717, 1.165) is 64.2 Å². The second-order valence-electron chi connectivity index (χ2n) is 23.2. The molecule has 81 heavy (non-hydrogen) atoms. The SMILES string of the molecule is CC/C=C\C/C=C\C/C=C\C/C=C\CCCCCCCCCCCCCCCCCCCCCCC(=O)NC(COC1OC(CO)C(OC2OC(CO)C(O)C(O)C2O)C(O)C1O)C(O)/C=C/CCCCCCCCCCCCCC. The van der Waals surface area contributed by atoms with Gasteiger partial charge in [-0.2, -0.15) is 0 Å². The molecule has 0 spiro atoms. The maximum absolute atomic E-state index is 13.3. The van der Waals surface area contributed by atoms with Crippen molar-refractivity contribution in [3.05, 3.63) is 60.8 Å². The Labute approximate surface area is 492 Å². The molecule has 14 heteroatoms. The van der Waals surface area contributed by atoms with Crippen LogP contribution in [-0.4, -0.2) is 140 Å². The highest BCUT2D eigenvalue weighted by Gasteiger charge is 2.51. The molecule has 0 aromatic heterocycles. The topological polar surface area (TPSA) is 228 Å². The van der Waals surface area contributed by atoms with Gasteiger partial charge in [0.2, 0.25) is 5.91 Å². The second kappa shape index (κ2) is 52.1. The minimum absolute atomic E-state index is 0.237. The van der Waals surface area contributed by atoms with E-state index >= 15 is 0 Å². The first-order valence-electron chi connectivity index (χ1n) is 33.0. The van der Waals surface area contributed by atoms with Crippen molar-refractivity contribution in [2.75, 3.05) is 19.8 Å². The Bertz CT molecular complexity index is 1590. The normalized spacial score (nSPS) is 24.5. The maximum atomic E-state index is 13.3. The van der Waals surface area contributed by atoms with E-state index in [2.05, 4.69) is 67.8 Å². The Morgan fingerprint density at radius 3 is 1.31 bits per heavy atom.